The van der Waals surface area contributed by atoms with Crippen molar-refractivity contribution in [2.45, 2.75) is 13.0 Å². The van der Waals surface area contributed by atoms with Crippen LogP contribution in [0.4, 0.5) is 0 Å². The van der Waals surface area contributed by atoms with E-state index in [2.05, 4.69) is 4.74 Å². The molecule has 4 heteroatoms. The Morgan fingerprint density at radius 2 is 2.55 bits per heavy atom. The molecule has 4 nitrogen and oxygen atoms in total. The summed E-state index contributed by atoms with van der Waals surface area (Å²) in [4.78, 5) is 20.8. The number of hydrogen-bond donors (Lipinski definition) is 0. The SMILES string of the molecule is CC(=O)O[C@@H]1C=CC(=O)OC1. The Labute approximate surface area is 63.8 Å². The molecule has 0 aromatic carbocycles. The lowest BCUT2D eigenvalue weighted by Gasteiger charge is -2.15. The number of rotatable bonds is 1. The highest BCUT2D eigenvalue weighted by Crippen LogP contribution is 2.02. The van der Waals surface area contributed by atoms with Crippen molar-refractivity contribution in [2.75, 3.05) is 6.61 Å². The van der Waals surface area contributed by atoms with E-state index in [1.165, 1.54) is 19.1 Å². The minimum atomic E-state index is -0.412. The second-order valence-electron chi connectivity index (χ2n) is 2.14. The highest BCUT2D eigenvalue weighted by Gasteiger charge is 2.15. The zero-order chi connectivity index (χ0) is 8.27. The van der Waals surface area contributed by atoms with E-state index in [-0.39, 0.29) is 12.6 Å². The second kappa shape index (κ2) is 3.18. The van der Waals surface area contributed by atoms with E-state index < -0.39 is 12.1 Å². The van der Waals surface area contributed by atoms with Crippen LogP contribution < -0.4 is 0 Å². The van der Waals surface area contributed by atoms with Gasteiger partial charge in [0, 0.05) is 13.0 Å². The number of carbonyl (C=O) groups is 2. The van der Waals surface area contributed by atoms with Gasteiger partial charge in [0.05, 0.1) is 0 Å². The minimum absolute atomic E-state index is 0.120. The highest BCUT2D eigenvalue weighted by atomic mass is 16.6. The van der Waals surface area contributed by atoms with Gasteiger partial charge in [-0.05, 0) is 6.08 Å². The first-order valence-electron chi connectivity index (χ1n) is 3.20. The van der Waals surface area contributed by atoms with Gasteiger partial charge in [0.25, 0.3) is 0 Å². The van der Waals surface area contributed by atoms with Crippen molar-refractivity contribution in [3.63, 3.8) is 0 Å². The Balaban J connectivity index is 2.44. The van der Waals surface area contributed by atoms with Gasteiger partial charge in [-0.15, -0.1) is 0 Å². The maximum Gasteiger partial charge on any atom is 0.330 e. The molecule has 1 rings (SSSR count). The molecular formula is C7H8O4. The Bertz CT molecular complexity index is 206. The molecule has 0 aromatic rings. The van der Waals surface area contributed by atoms with Crippen LogP contribution in [-0.4, -0.2) is 24.6 Å². The zero-order valence-electron chi connectivity index (χ0n) is 6.07. The van der Waals surface area contributed by atoms with Crippen LogP contribution >= 0.6 is 0 Å². The van der Waals surface area contributed by atoms with E-state index in [1.54, 1.807) is 0 Å². The highest BCUT2D eigenvalue weighted by molar-refractivity contribution is 5.83. The van der Waals surface area contributed by atoms with Gasteiger partial charge in [0.1, 0.15) is 6.61 Å². The molecule has 1 atom stereocenters. The maximum atomic E-state index is 10.4. The van der Waals surface area contributed by atoms with Gasteiger partial charge in [0.15, 0.2) is 6.10 Å². The Morgan fingerprint density at radius 3 is 3.00 bits per heavy atom. The number of ether oxygens (including phenoxy) is 2. The normalized spacial score (nSPS) is 22.6. The third-order valence-corrected chi connectivity index (χ3v) is 1.15. The molecule has 0 bridgehead atoms. The maximum absolute atomic E-state index is 10.4. The Hall–Kier alpha value is -1.32. The van der Waals surface area contributed by atoms with Crippen molar-refractivity contribution in [3.8, 4) is 0 Å². The fourth-order valence-corrected chi connectivity index (χ4v) is 0.740. The van der Waals surface area contributed by atoms with Crippen LogP contribution in [0.15, 0.2) is 12.2 Å². The molecule has 0 saturated heterocycles. The number of cyclic esters (lactones) is 1. The van der Waals surface area contributed by atoms with Crippen LogP contribution in [0.3, 0.4) is 0 Å². The van der Waals surface area contributed by atoms with E-state index in [0.717, 1.165) is 0 Å². The molecule has 11 heavy (non-hydrogen) atoms. The summed E-state index contributed by atoms with van der Waals surface area (Å²) in [7, 11) is 0. The van der Waals surface area contributed by atoms with Crippen molar-refractivity contribution in [1.82, 2.24) is 0 Å². The quantitative estimate of drug-likeness (QED) is 0.502. The monoisotopic (exact) mass is 156 g/mol. The number of hydrogen-bond acceptors (Lipinski definition) is 4. The summed E-state index contributed by atoms with van der Waals surface area (Å²) < 4.78 is 9.32. The summed E-state index contributed by atoms with van der Waals surface area (Å²) in [6.45, 7) is 1.43. The first-order valence-corrected chi connectivity index (χ1v) is 3.20. The lowest BCUT2D eigenvalue weighted by molar-refractivity contribution is -0.153. The fourth-order valence-electron chi connectivity index (χ4n) is 0.740. The Kier molecular flexibility index (Phi) is 2.25. The molecule has 0 aromatic heterocycles. The first-order chi connectivity index (χ1) is 5.18. The molecule has 1 aliphatic heterocycles. The second-order valence-corrected chi connectivity index (χ2v) is 2.14. The largest absolute Gasteiger partial charge is 0.458 e. The predicted octanol–water partition coefficient (Wildman–Crippen LogP) is 0.0311. The van der Waals surface area contributed by atoms with Gasteiger partial charge in [-0.2, -0.15) is 0 Å². The lowest BCUT2D eigenvalue weighted by atomic mass is 10.3. The van der Waals surface area contributed by atoms with Crippen LogP contribution in [0, 0.1) is 0 Å². The summed E-state index contributed by atoms with van der Waals surface area (Å²) in [5.74, 6) is -0.772. The third kappa shape index (κ3) is 2.41. The average molecular weight is 156 g/mol. The van der Waals surface area contributed by atoms with Gasteiger partial charge in [0.2, 0.25) is 0 Å². The van der Waals surface area contributed by atoms with Crippen molar-refractivity contribution >= 4 is 11.9 Å². The summed E-state index contributed by atoms with van der Waals surface area (Å²) >= 11 is 0. The van der Waals surface area contributed by atoms with Gasteiger partial charge in [-0.3, -0.25) is 4.79 Å². The smallest absolute Gasteiger partial charge is 0.330 e. The van der Waals surface area contributed by atoms with E-state index in [0.29, 0.717) is 0 Å². The average Bonchev–Trinajstić information content (AvgIpc) is 1.93. The molecule has 0 fully saturated rings. The van der Waals surface area contributed by atoms with Crippen LogP contribution in [-0.2, 0) is 19.1 Å². The topological polar surface area (TPSA) is 52.6 Å². The summed E-state index contributed by atoms with van der Waals surface area (Å²) in [6.07, 6.45) is 2.34. The van der Waals surface area contributed by atoms with Crippen molar-refractivity contribution in [1.29, 1.82) is 0 Å². The van der Waals surface area contributed by atoms with Crippen molar-refractivity contribution in [3.05, 3.63) is 12.2 Å². The van der Waals surface area contributed by atoms with Gasteiger partial charge in [-0.25, -0.2) is 4.79 Å². The van der Waals surface area contributed by atoms with Gasteiger partial charge < -0.3 is 9.47 Å². The van der Waals surface area contributed by atoms with E-state index in [9.17, 15) is 9.59 Å². The zero-order valence-corrected chi connectivity index (χ0v) is 6.07. The fraction of sp³-hybridized carbons (Fsp3) is 0.429. The molecular weight excluding hydrogens is 148 g/mol. The van der Waals surface area contributed by atoms with Gasteiger partial charge in [-0.1, -0.05) is 0 Å². The molecule has 1 heterocycles. The molecule has 1 aliphatic rings. The van der Waals surface area contributed by atoms with Gasteiger partial charge >= 0.3 is 11.9 Å². The third-order valence-electron chi connectivity index (χ3n) is 1.15. The summed E-state index contributed by atoms with van der Waals surface area (Å²) in [5.41, 5.74) is 0. The standard InChI is InChI=1S/C7H8O4/c1-5(8)11-6-2-3-7(9)10-4-6/h2-3,6H,4H2,1H3/t6-/m1/s1. The molecule has 0 spiro atoms. The first kappa shape index (κ1) is 7.78. The van der Waals surface area contributed by atoms with Crippen LogP contribution in [0.25, 0.3) is 0 Å². The van der Waals surface area contributed by atoms with Crippen molar-refractivity contribution in [2.24, 2.45) is 0 Å². The molecule has 0 aliphatic carbocycles. The summed E-state index contributed by atoms with van der Waals surface area (Å²) in [5, 5.41) is 0. The lowest BCUT2D eigenvalue weighted by Crippen LogP contribution is -2.25. The predicted molar refractivity (Wildman–Crippen MR) is 35.7 cm³/mol. The molecule has 0 N–H and O–H groups in total. The summed E-state index contributed by atoms with van der Waals surface area (Å²) in [6, 6.07) is 0. The van der Waals surface area contributed by atoms with Crippen molar-refractivity contribution < 1.29 is 19.1 Å². The van der Waals surface area contributed by atoms with E-state index in [4.69, 9.17) is 4.74 Å². The number of carbonyl (C=O) groups excluding carboxylic acids is 2. The number of esters is 2. The minimum Gasteiger partial charge on any atom is -0.458 e. The van der Waals surface area contributed by atoms with E-state index >= 15 is 0 Å². The molecule has 0 unspecified atom stereocenters. The molecule has 0 radical (unpaired) electrons. The van der Waals surface area contributed by atoms with Crippen LogP contribution in [0.1, 0.15) is 6.92 Å². The van der Waals surface area contributed by atoms with Crippen LogP contribution in [0.5, 0.6) is 0 Å². The molecule has 0 amide bonds. The molecule has 60 valence electrons. The van der Waals surface area contributed by atoms with E-state index in [1.807, 2.05) is 0 Å². The van der Waals surface area contributed by atoms with Crippen LogP contribution in [0.2, 0.25) is 0 Å². The molecule has 0 saturated carbocycles. The Morgan fingerprint density at radius 1 is 1.82 bits per heavy atom.